The van der Waals surface area contributed by atoms with E-state index in [1.807, 2.05) is 0 Å². The van der Waals surface area contributed by atoms with Crippen LogP contribution in [-0.4, -0.2) is 54.5 Å². The summed E-state index contributed by atoms with van der Waals surface area (Å²) in [6.07, 6.45) is 6.42. The number of nitrogens with two attached hydrogens (primary N) is 1. The molecule has 0 aromatic carbocycles. The second kappa shape index (κ2) is 4.99. The van der Waals surface area contributed by atoms with E-state index in [4.69, 9.17) is 15.2 Å². The topological polar surface area (TPSA) is 47.7 Å². The van der Waals surface area contributed by atoms with Crippen LogP contribution < -0.4 is 5.73 Å². The Morgan fingerprint density at radius 1 is 1.32 bits per heavy atom. The molecule has 3 rings (SSSR count). The number of ether oxygens (including phenoxy) is 2. The Morgan fingerprint density at radius 3 is 2.74 bits per heavy atom. The molecule has 0 radical (unpaired) electrons. The quantitative estimate of drug-likeness (QED) is 0.825. The van der Waals surface area contributed by atoms with Crippen molar-refractivity contribution in [3.8, 4) is 0 Å². The monoisotopic (exact) mass is 268 g/mol. The Kier molecular flexibility index (Phi) is 3.63. The van der Waals surface area contributed by atoms with Gasteiger partial charge in [0.05, 0.1) is 17.3 Å². The fourth-order valence-electron chi connectivity index (χ4n) is 3.97. The summed E-state index contributed by atoms with van der Waals surface area (Å²) in [5.74, 6) is 0. The molecule has 19 heavy (non-hydrogen) atoms. The van der Waals surface area contributed by atoms with Gasteiger partial charge in [-0.15, -0.1) is 0 Å². The molecule has 4 heteroatoms. The van der Waals surface area contributed by atoms with Crippen molar-refractivity contribution in [3.05, 3.63) is 0 Å². The Bertz CT molecular complexity index is 328. The minimum Gasteiger partial charge on any atom is -0.375 e. The number of hydrogen-bond acceptors (Lipinski definition) is 4. The van der Waals surface area contributed by atoms with Gasteiger partial charge in [0.15, 0.2) is 0 Å². The first-order chi connectivity index (χ1) is 9.02. The first-order valence-corrected chi connectivity index (χ1v) is 7.78. The largest absolute Gasteiger partial charge is 0.375 e. The normalized spacial score (nSPS) is 38.1. The van der Waals surface area contributed by atoms with E-state index in [0.717, 1.165) is 26.1 Å². The third-order valence-corrected chi connectivity index (χ3v) is 5.02. The molecule has 0 amide bonds. The van der Waals surface area contributed by atoms with Crippen LogP contribution in [0.4, 0.5) is 0 Å². The number of rotatable bonds is 2. The van der Waals surface area contributed by atoms with E-state index < -0.39 is 0 Å². The highest BCUT2D eigenvalue weighted by Gasteiger charge is 2.45. The van der Waals surface area contributed by atoms with E-state index in [2.05, 4.69) is 18.7 Å². The summed E-state index contributed by atoms with van der Waals surface area (Å²) in [6.45, 7) is 7.91. The third-order valence-electron chi connectivity index (χ3n) is 5.02. The van der Waals surface area contributed by atoms with Crippen molar-refractivity contribution in [2.45, 2.75) is 69.3 Å². The maximum absolute atomic E-state index is 6.05. The van der Waals surface area contributed by atoms with E-state index >= 15 is 0 Å². The number of morpholine rings is 1. The van der Waals surface area contributed by atoms with E-state index in [1.54, 1.807) is 0 Å². The molecular weight excluding hydrogens is 240 g/mol. The summed E-state index contributed by atoms with van der Waals surface area (Å²) < 4.78 is 12.1. The van der Waals surface area contributed by atoms with Gasteiger partial charge in [-0.2, -0.15) is 0 Å². The molecular formula is C15H28N2O2. The maximum atomic E-state index is 6.05. The van der Waals surface area contributed by atoms with Crippen LogP contribution in [0.15, 0.2) is 0 Å². The molecule has 0 aromatic rings. The van der Waals surface area contributed by atoms with Gasteiger partial charge < -0.3 is 15.2 Å². The SMILES string of the molecule is CC1(C)CN(C2CCOC3(CCC3)C2)CC(CN)O1. The molecule has 4 nitrogen and oxygen atoms in total. The van der Waals surface area contributed by atoms with Crippen LogP contribution in [0.1, 0.15) is 46.0 Å². The Balaban J connectivity index is 1.66. The summed E-state index contributed by atoms with van der Waals surface area (Å²) in [6, 6.07) is 0.659. The Labute approximate surface area is 116 Å². The van der Waals surface area contributed by atoms with Gasteiger partial charge in [-0.05, 0) is 46.0 Å². The summed E-state index contributed by atoms with van der Waals surface area (Å²) >= 11 is 0. The predicted octanol–water partition coefficient (Wildman–Crippen LogP) is 1.53. The highest BCUT2D eigenvalue weighted by Crippen LogP contribution is 2.44. The van der Waals surface area contributed by atoms with Crippen LogP contribution in [0.3, 0.4) is 0 Å². The fourth-order valence-corrected chi connectivity index (χ4v) is 3.97. The van der Waals surface area contributed by atoms with E-state index in [9.17, 15) is 0 Å². The lowest BCUT2D eigenvalue weighted by molar-refractivity contribution is -0.180. The van der Waals surface area contributed by atoms with Crippen LogP contribution in [0, 0.1) is 0 Å². The number of hydrogen-bond donors (Lipinski definition) is 1. The van der Waals surface area contributed by atoms with Gasteiger partial charge in [0.1, 0.15) is 0 Å². The van der Waals surface area contributed by atoms with Crippen LogP contribution in [0.5, 0.6) is 0 Å². The molecule has 2 saturated heterocycles. The van der Waals surface area contributed by atoms with Crippen LogP contribution in [-0.2, 0) is 9.47 Å². The molecule has 0 aromatic heterocycles. The molecule has 2 N–H and O–H groups in total. The molecule has 2 heterocycles. The van der Waals surface area contributed by atoms with E-state index in [-0.39, 0.29) is 17.3 Å². The van der Waals surface area contributed by atoms with Gasteiger partial charge in [0, 0.05) is 32.3 Å². The molecule has 2 aliphatic heterocycles. The highest BCUT2D eigenvalue weighted by molar-refractivity contribution is 4.98. The zero-order valence-electron chi connectivity index (χ0n) is 12.4. The highest BCUT2D eigenvalue weighted by atomic mass is 16.5. The van der Waals surface area contributed by atoms with E-state index in [1.165, 1.54) is 25.7 Å². The minimum absolute atomic E-state index is 0.0760. The maximum Gasteiger partial charge on any atom is 0.0831 e. The molecule has 0 bridgehead atoms. The van der Waals surface area contributed by atoms with Gasteiger partial charge in [0.2, 0.25) is 0 Å². The van der Waals surface area contributed by atoms with Crippen molar-refractivity contribution in [2.24, 2.45) is 5.73 Å². The average molecular weight is 268 g/mol. The van der Waals surface area contributed by atoms with Gasteiger partial charge in [-0.25, -0.2) is 0 Å². The second-order valence-corrected chi connectivity index (χ2v) is 7.20. The summed E-state index contributed by atoms with van der Waals surface area (Å²) in [5.41, 5.74) is 5.98. The minimum atomic E-state index is -0.0760. The van der Waals surface area contributed by atoms with Gasteiger partial charge in [-0.1, -0.05) is 0 Å². The standard InChI is InChI=1S/C15H28N2O2/c1-14(2)11-17(10-13(9-16)19-14)12-4-7-18-15(8-12)5-3-6-15/h12-13H,3-11,16H2,1-2H3. The zero-order valence-corrected chi connectivity index (χ0v) is 12.4. The average Bonchev–Trinajstić information content (AvgIpc) is 2.35. The molecule has 110 valence electrons. The lowest BCUT2D eigenvalue weighted by Gasteiger charge is -2.52. The smallest absolute Gasteiger partial charge is 0.0831 e. The fraction of sp³-hybridized carbons (Fsp3) is 1.00. The van der Waals surface area contributed by atoms with Crippen molar-refractivity contribution in [2.75, 3.05) is 26.2 Å². The van der Waals surface area contributed by atoms with Crippen LogP contribution in [0.2, 0.25) is 0 Å². The molecule has 2 atom stereocenters. The number of nitrogens with zero attached hydrogens (tertiary/aromatic N) is 1. The second-order valence-electron chi connectivity index (χ2n) is 7.20. The summed E-state index contributed by atoms with van der Waals surface area (Å²) in [7, 11) is 0. The van der Waals surface area contributed by atoms with Crippen molar-refractivity contribution in [3.63, 3.8) is 0 Å². The Hall–Kier alpha value is -0.160. The third kappa shape index (κ3) is 2.82. The molecule has 1 aliphatic carbocycles. The van der Waals surface area contributed by atoms with Crippen molar-refractivity contribution in [1.29, 1.82) is 0 Å². The van der Waals surface area contributed by atoms with E-state index in [0.29, 0.717) is 12.6 Å². The Morgan fingerprint density at radius 2 is 2.11 bits per heavy atom. The van der Waals surface area contributed by atoms with Gasteiger partial charge in [0.25, 0.3) is 0 Å². The van der Waals surface area contributed by atoms with Gasteiger partial charge >= 0.3 is 0 Å². The first kappa shape index (κ1) is 13.8. The molecule has 3 fully saturated rings. The zero-order chi connectivity index (χ0) is 13.5. The molecule has 2 unspecified atom stereocenters. The lowest BCUT2D eigenvalue weighted by atomic mass is 9.73. The molecule has 1 saturated carbocycles. The van der Waals surface area contributed by atoms with Gasteiger partial charge in [-0.3, -0.25) is 4.90 Å². The molecule has 1 spiro atoms. The molecule has 3 aliphatic rings. The predicted molar refractivity (Wildman–Crippen MR) is 75.1 cm³/mol. The lowest BCUT2D eigenvalue weighted by Crippen LogP contribution is -2.60. The van der Waals surface area contributed by atoms with Crippen LogP contribution in [0.25, 0.3) is 0 Å². The van der Waals surface area contributed by atoms with Crippen LogP contribution >= 0.6 is 0 Å². The first-order valence-electron chi connectivity index (χ1n) is 7.78. The van der Waals surface area contributed by atoms with Crippen molar-refractivity contribution in [1.82, 2.24) is 4.90 Å². The summed E-state index contributed by atoms with van der Waals surface area (Å²) in [5, 5.41) is 0. The summed E-state index contributed by atoms with van der Waals surface area (Å²) in [4.78, 5) is 2.61. The van der Waals surface area contributed by atoms with Crippen molar-refractivity contribution >= 4 is 0 Å². The van der Waals surface area contributed by atoms with Crippen molar-refractivity contribution < 1.29 is 9.47 Å².